The number of rotatable bonds is 9. The second-order valence-electron chi connectivity index (χ2n) is 3.63. The third-order valence-corrected chi connectivity index (χ3v) is 2.38. The van der Waals surface area contributed by atoms with E-state index in [0.717, 1.165) is 13.8 Å². The van der Waals surface area contributed by atoms with Gasteiger partial charge in [0.15, 0.2) is 24.1 Å². The van der Waals surface area contributed by atoms with E-state index >= 15 is 0 Å². The van der Waals surface area contributed by atoms with Crippen LogP contribution in [-0.2, 0) is 32.4 Å². The molecular weight excluding hydrogens is 319 g/mol. The average Bonchev–Trinajstić information content (AvgIpc) is 2.35. The van der Waals surface area contributed by atoms with Crippen LogP contribution in [0, 0.1) is 0 Å². The molecule has 0 radical (unpaired) electrons. The summed E-state index contributed by atoms with van der Waals surface area (Å²) in [6.45, 7) is 0.828. The van der Waals surface area contributed by atoms with Gasteiger partial charge in [-0.2, -0.15) is 0 Å². The molecule has 0 fully saturated rings. The molecule has 0 aromatic rings. The zero-order valence-corrected chi connectivity index (χ0v) is 12.2. The molecule has 8 nitrogen and oxygen atoms in total. The Morgan fingerprint density at radius 3 is 2.00 bits per heavy atom. The molecule has 0 aliphatic rings. The molecule has 0 aliphatic carbocycles. The van der Waals surface area contributed by atoms with Gasteiger partial charge in [0.1, 0.15) is 6.61 Å². The maximum absolute atomic E-state index is 11.7. The number of carbonyl (C=O) groups excluding carboxylic acids is 3. The summed E-state index contributed by atoms with van der Waals surface area (Å²) in [7, 11) is 0. The zero-order chi connectivity index (χ0) is 15.7. The van der Waals surface area contributed by atoms with Crippen molar-refractivity contribution in [3.8, 4) is 0 Å². The third-order valence-electron chi connectivity index (χ3n) is 2.07. The zero-order valence-electron chi connectivity index (χ0n) is 10.7. The lowest BCUT2D eigenvalue weighted by Gasteiger charge is -2.28. The quantitative estimate of drug-likeness (QED) is 0.593. The van der Waals surface area contributed by atoms with Crippen LogP contribution >= 0.6 is 23.7 Å². The van der Waals surface area contributed by atoms with Crippen molar-refractivity contribution < 1.29 is 37.5 Å². The predicted octanol–water partition coefficient (Wildman–Crippen LogP) is 0.121. The summed E-state index contributed by atoms with van der Waals surface area (Å²) >= 11 is 10.1. The Kier molecular flexibility index (Phi) is 9.43. The van der Waals surface area contributed by atoms with Crippen molar-refractivity contribution in [2.45, 2.75) is 32.2 Å². The van der Waals surface area contributed by atoms with E-state index in [1.165, 1.54) is 0 Å². The maximum Gasteiger partial charge on any atom is 0.303 e. The van der Waals surface area contributed by atoms with Crippen LogP contribution in [0.3, 0.4) is 0 Å². The van der Waals surface area contributed by atoms with Gasteiger partial charge < -0.3 is 14.6 Å². The molecule has 0 bridgehead atoms. The fourth-order valence-corrected chi connectivity index (χ4v) is 1.67. The van der Waals surface area contributed by atoms with Gasteiger partial charge in [0.25, 0.3) is 0 Å². The fourth-order valence-electron chi connectivity index (χ4n) is 1.37. The van der Waals surface area contributed by atoms with Crippen molar-refractivity contribution in [1.82, 2.24) is 0 Å². The molecule has 116 valence electrons. The highest BCUT2D eigenvalue weighted by Crippen LogP contribution is 2.16. The first-order chi connectivity index (χ1) is 9.37. The molecule has 1 N–H and O–H groups in total. The Morgan fingerprint density at radius 1 is 1.10 bits per heavy atom. The minimum Gasteiger partial charge on any atom is -0.456 e. The lowest BCUT2D eigenvalue weighted by atomic mass is 10.0. The molecule has 0 heterocycles. The number of ether oxygens (including phenoxy) is 2. The van der Waals surface area contributed by atoms with Crippen molar-refractivity contribution in [3.63, 3.8) is 0 Å². The van der Waals surface area contributed by atoms with E-state index in [1.54, 1.807) is 0 Å². The fraction of sp³-hybridized carbons (Fsp3) is 0.700. The van der Waals surface area contributed by atoms with Crippen LogP contribution in [0.1, 0.15) is 13.8 Å². The lowest BCUT2D eigenvalue weighted by molar-refractivity contribution is -0.178. The van der Waals surface area contributed by atoms with Crippen molar-refractivity contribution in [1.29, 1.82) is 0 Å². The number of halogens is 2. The molecular formula is C10H14Cl2O8. The van der Waals surface area contributed by atoms with Crippen LogP contribution in [0.15, 0.2) is 0 Å². The van der Waals surface area contributed by atoms with Gasteiger partial charge in [-0.1, -0.05) is 0 Å². The average molecular weight is 333 g/mol. The SMILES string of the molecule is CC(=O)O[C@@H]([C@H](OCl)C(=O)COCl)[C@@H](CO)OC(C)=O. The molecule has 10 heteroatoms. The van der Waals surface area contributed by atoms with Gasteiger partial charge in [-0.15, -0.1) is 0 Å². The van der Waals surface area contributed by atoms with E-state index in [4.69, 9.17) is 33.2 Å². The van der Waals surface area contributed by atoms with Crippen molar-refractivity contribution >= 4 is 41.5 Å². The van der Waals surface area contributed by atoms with Crippen LogP contribution in [0.25, 0.3) is 0 Å². The smallest absolute Gasteiger partial charge is 0.303 e. The Morgan fingerprint density at radius 2 is 1.65 bits per heavy atom. The molecule has 3 atom stereocenters. The van der Waals surface area contributed by atoms with Crippen LogP contribution in [0.5, 0.6) is 0 Å². The predicted molar refractivity (Wildman–Crippen MR) is 65.7 cm³/mol. The molecule has 20 heavy (non-hydrogen) atoms. The largest absolute Gasteiger partial charge is 0.456 e. The van der Waals surface area contributed by atoms with Crippen molar-refractivity contribution in [3.05, 3.63) is 0 Å². The molecule has 0 aromatic heterocycles. The van der Waals surface area contributed by atoms with Crippen LogP contribution < -0.4 is 0 Å². The van der Waals surface area contributed by atoms with Gasteiger partial charge in [-0.3, -0.25) is 23.0 Å². The first kappa shape index (κ1) is 19.1. The summed E-state index contributed by atoms with van der Waals surface area (Å²) in [4.78, 5) is 33.7. The monoisotopic (exact) mass is 332 g/mol. The summed E-state index contributed by atoms with van der Waals surface area (Å²) in [5, 5.41) is 9.18. The molecule has 0 aliphatic heterocycles. The Labute approximate surface area is 125 Å². The first-order valence-electron chi connectivity index (χ1n) is 5.36. The van der Waals surface area contributed by atoms with Crippen molar-refractivity contribution in [2.75, 3.05) is 13.2 Å². The second kappa shape index (κ2) is 9.89. The molecule has 0 saturated carbocycles. The number of Topliss-reactive ketones (excluding diaryl/α,β-unsaturated/α-hetero) is 1. The van der Waals surface area contributed by atoms with Gasteiger partial charge in [0.2, 0.25) is 0 Å². The number of ketones is 1. The minimum atomic E-state index is -1.53. The van der Waals surface area contributed by atoms with Gasteiger partial charge in [0.05, 0.1) is 30.3 Å². The second-order valence-corrected chi connectivity index (χ2v) is 4.03. The van der Waals surface area contributed by atoms with Crippen molar-refractivity contribution in [2.24, 2.45) is 0 Å². The Balaban J connectivity index is 5.20. The van der Waals surface area contributed by atoms with Gasteiger partial charge in [0, 0.05) is 13.8 Å². The summed E-state index contributed by atoms with van der Waals surface area (Å²) in [6, 6.07) is 0. The molecule has 0 aromatic carbocycles. The van der Waals surface area contributed by atoms with E-state index in [-0.39, 0.29) is 0 Å². The first-order valence-corrected chi connectivity index (χ1v) is 5.98. The van der Waals surface area contributed by atoms with E-state index in [9.17, 15) is 19.5 Å². The van der Waals surface area contributed by atoms with Gasteiger partial charge >= 0.3 is 11.9 Å². The third kappa shape index (κ3) is 6.49. The van der Waals surface area contributed by atoms with Gasteiger partial charge in [-0.25, -0.2) is 0 Å². The molecule has 0 unspecified atom stereocenters. The maximum atomic E-state index is 11.7. The minimum absolute atomic E-state index is 0.588. The number of aliphatic hydroxyl groups excluding tert-OH is 1. The number of aliphatic hydroxyl groups is 1. The van der Waals surface area contributed by atoms with Gasteiger partial charge in [-0.05, 0) is 0 Å². The highest BCUT2D eigenvalue weighted by molar-refractivity contribution is 6.10. The highest BCUT2D eigenvalue weighted by atomic mass is 35.5. The highest BCUT2D eigenvalue weighted by Gasteiger charge is 2.39. The summed E-state index contributed by atoms with van der Waals surface area (Å²) in [5.41, 5.74) is 0. The number of carbonyl (C=O) groups is 3. The molecule has 0 amide bonds. The topological polar surface area (TPSA) is 108 Å². The number of hydrogen-bond acceptors (Lipinski definition) is 8. The standard InChI is InChI=1S/C10H14Cl2O8/c1-5(14)18-8(3-13)10(19-6(2)15)9(20-12)7(16)4-17-11/h8-10,13H,3-4H2,1-2H3/t8-,9-,10-/m1/s1. The van der Waals surface area contributed by atoms with Crippen LogP contribution in [0.4, 0.5) is 0 Å². The van der Waals surface area contributed by atoms with E-state index in [1.807, 2.05) is 0 Å². The lowest BCUT2D eigenvalue weighted by Crippen LogP contribution is -2.49. The Hall–Kier alpha value is -0.930. The summed E-state index contributed by atoms with van der Waals surface area (Å²) < 4.78 is 18.1. The summed E-state index contributed by atoms with van der Waals surface area (Å²) in [6.07, 6.45) is -4.31. The van der Waals surface area contributed by atoms with E-state index < -0.39 is 49.2 Å². The normalized spacial score (nSPS) is 15.1. The van der Waals surface area contributed by atoms with E-state index in [0.29, 0.717) is 0 Å². The Bertz CT molecular complexity index is 348. The van der Waals surface area contributed by atoms with Crippen LogP contribution in [-0.4, -0.2) is 54.4 Å². The number of hydrogen-bond donors (Lipinski definition) is 1. The summed E-state index contributed by atoms with van der Waals surface area (Å²) in [5.74, 6) is -2.32. The molecule has 0 rings (SSSR count). The van der Waals surface area contributed by atoms with E-state index in [2.05, 4.69) is 8.58 Å². The molecule has 0 spiro atoms. The number of esters is 2. The van der Waals surface area contributed by atoms with Crippen LogP contribution in [0.2, 0.25) is 0 Å². The molecule has 0 saturated heterocycles.